The van der Waals surface area contributed by atoms with Gasteiger partial charge in [-0.25, -0.2) is 13.9 Å². The lowest BCUT2D eigenvalue weighted by molar-refractivity contribution is 0.0342. The molecule has 11 nitrogen and oxygen atoms in total. The van der Waals surface area contributed by atoms with Crippen LogP contribution in [-0.2, 0) is 23.2 Å². The molecule has 1 saturated heterocycles. The van der Waals surface area contributed by atoms with E-state index in [0.29, 0.717) is 17.3 Å². The second kappa shape index (κ2) is 15.2. The average Bonchev–Trinajstić information content (AvgIpc) is 3.78. The van der Waals surface area contributed by atoms with Gasteiger partial charge < -0.3 is 15.2 Å². The first-order valence-electron chi connectivity index (χ1n) is 17.3. The number of morpholine rings is 1. The first kappa shape index (κ1) is 35.2. The van der Waals surface area contributed by atoms with Crippen molar-refractivity contribution in [1.82, 2.24) is 34.6 Å². The van der Waals surface area contributed by atoms with Crippen LogP contribution >= 0.6 is 11.8 Å². The van der Waals surface area contributed by atoms with Crippen molar-refractivity contribution in [3.63, 3.8) is 0 Å². The number of ether oxygens (including phenoxy) is 1. The molecule has 1 aliphatic heterocycles. The molecule has 52 heavy (non-hydrogen) atoms. The summed E-state index contributed by atoms with van der Waals surface area (Å²) in [6.07, 6.45) is 2.74. The average molecular weight is 721 g/mol. The third-order valence-corrected chi connectivity index (χ3v) is 10.5. The summed E-state index contributed by atoms with van der Waals surface area (Å²) < 4.78 is 23.1. The Morgan fingerprint density at radius 2 is 1.83 bits per heavy atom. The highest BCUT2D eigenvalue weighted by Gasteiger charge is 2.25. The highest BCUT2D eigenvalue weighted by molar-refractivity contribution is 7.99. The Morgan fingerprint density at radius 1 is 1.00 bits per heavy atom. The zero-order chi connectivity index (χ0) is 36.2. The summed E-state index contributed by atoms with van der Waals surface area (Å²) in [5, 5.41) is 29.9. The molecule has 0 atom stereocenters. The Kier molecular flexibility index (Phi) is 10.3. The molecule has 3 aromatic carbocycles. The van der Waals surface area contributed by atoms with Crippen LogP contribution in [0.4, 0.5) is 15.0 Å². The van der Waals surface area contributed by atoms with E-state index < -0.39 is 5.82 Å². The van der Waals surface area contributed by atoms with Crippen LogP contribution in [0.15, 0.2) is 101 Å². The lowest BCUT2D eigenvalue weighted by Crippen LogP contribution is -2.35. The number of pyridine rings is 1. The molecular weight excluding hydrogens is 680 g/mol. The summed E-state index contributed by atoms with van der Waals surface area (Å²) in [7, 11) is 0. The number of nitrogens with one attached hydrogen (secondary N) is 2. The molecule has 3 N–H and O–H groups in total. The van der Waals surface area contributed by atoms with E-state index in [1.807, 2.05) is 65.5 Å². The maximum atomic E-state index is 14.0. The summed E-state index contributed by atoms with van der Waals surface area (Å²) >= 11 is 1.51. The molecular formula is C39H41FN8O3S. The van der Waals surface area contributed by atoms with Gasteiger partial charge in [0, 0.05) is 53.6 Å². The summed E-state index contributed by atoms with van der Waals surface area (Å²) in [6, 6.07) is 25.2. The highest BCUT2D eigenvalue weighted by atomic mass is 32.2. The van der Waals surface area contributed by atoms with Crippen LogP contribution in [0.1, 0.15) is 44.0 Å². The molecule has 0 saturated carbocycles. The molecule has 1 fully saturated rings. The van der Waals surface area contributed by atoms with Gasteiger partial charge in [0.15, 0.2) is 11.5 Å². The number of phenols is 1. The van der Waals surface area contributed by atoms with Gasteiger partial charge in [-0.2, -0.15) is 5.10 Å². The van der Waals surface area contributed by atoms with E-state index >= 15 is 0 Å². The minimum absolute atomic E-state index is 0.0888. The fourth-order valence-electron chi connectivity index (χ4n) is 6.00. The maximum absolute atomic E-state index is 14.0. The first-order valence-corrected chi connectivity index (χ1v) is 18.1. The SMILES string of the molecule is CCC(C)(C)c1cc(NC(=O)NCc2ccccc2Sc2ccc3nnc(-c4cc(F)ccc4O)n3c2)n(-c2cccc(CN3CCOCC3)c2)n1. The minimum Gasteiger partial charge on any atom is -0.507 e. The zero-order valence-electron chi connectivity index (χ0n) is 29.3. The lowest BCUT2D eigenvalue weighted by Gasteiger charge is -2.26. The van der Waals surface area contributed by atoms with E-state index in [-0.39, 0.29) is 29.3 Å². The first-order chi connectivity index (χ1) is 25.2. The maximum Gasteiger partial charge on any atom is 0.320 e. The molecule has 3 aromatic heterocycles. The summed E-state index contributed by atoms with van der Waals surface area (Å²) in [5.74, 6) is 0.343. The second-order valence-corrected chi connectivity index (χ2v) is 14.5. The second-order valence-electron chi connectivity index (χ2n) is 13.4. The van der Waals surface area contributed by atoms with E-state index in [0.717, 1.165) is 66.0 Å². The molecule has 0 bridgehead atoms. The number of aromatic hydroxyl groups is 1. The number of benzene rings is 3. The molecule has 0 aliphatic carbocycles. The number of halogens is 1. The molecule has 4 heterocycles. The van der Waals surface area contributed by atoms with Crippen molar-refractivity contribution in [2.75, 3.05) is 31.6 Å². The van der Waals surface area contributed by atoms with Crippen molar-refractivity contribution >= 4 is 29.3 Å². The molecule has 7 rings (SSSR count). The van der Waals surface area contributed by atoms with Crippen LogP contribution in [-0.4, -0.2) is 66.7 Å². The van der Waals surface area contributed by atoms with Gasteiger partial charge in [0.2, 0.25) is 0 Å². The zero-order valence-corrected chi connectivity index (χ0v) is 30.2. The summed E-state index contributed by atoms with van der Waals surface area (Å²) in [5.41, 5.74) is 4.48. The van der Waals surface area contributed by atoms with Gasteiger partial charge in [0.05, 0.1) is 30.2 Å². The number of hydrogen-bond acceptors (Lipinski definition) is 8. The summed E-state index contributed by atoms with van der Waals surface area (Å²) in [4.78, 5) is 17.7. The largest absolute Gasteiger partial charge is 0.507 e. The van der Waals surface area contributed by atoms with E-state index in [2.05, 4.69) is 58.6 Å². The number of aromatic nitrogens is 5. The van der Waals surface area contributed by atoms with Crippen molar-refractivity contribution in [3.8, 4) is 22.8 Å². The normalized spacial score (nSPS) is 13.8. The van der Waals surface area contributed by atoms with Crippen molar-refractivity contribution in [3.05, 3.63) is 114 Å². The number of rotatable bonds is 11. The number of nitrogens with zero attached hydrogens (tertiary/aromatic N) is 6. The van der Waals surface area contributed by atoms with Crippen molar-refractivity contribution in [2.45, 2.75) is 55.5 Å². The number of fused-ring (bicyclic) bond motifs is 1. The third-order valence-electron chi connectivity index (χ3n) is 9.41. The van der Waals surface area contributed by atoms with Gasteiger partial charge in [0.1, 0.15) is 17.4 Å². The Balaban J connectivity index is 1.08. The van der Waals surface area contributed by atoms with Gasteiger partial charge in [-0.05, 0) is 66.1 Å². The minimum atomic E-state index is -0.482. The van der Waals surface area contributed by atoms with Gasteiger partial charge in [-0.3, -0.25) is 14.6 Å². The lowest BCUT2D eigenvalue weighted by atomic mass is 9.87. The Labute approximate surface area is 305 Å². The van der Waals surface area contributed by atoms with Gasteiger partial charge in [-0.1, -0.05) is 62.9 Å². The van der Waals surface area contributed by atoms with Crippen LogP contribution in [0, 0.1) is 5.82 Å². The molecule has 6 aromatic rings. The van der Waals surface area contributed by atoms with E-state index in [1.165, 1.54) is 35.5 Å². The number of carbonyl (C=O) groups excluding carboxylic acids is 1. The predicted octanol–water partition coefficient (Wildman–Crippen LogP) is 7.42. The highest BCUT2D eigenvalue weighted by Crippen LogP contribution is 2.34. The molecule has 1 aliphatic rings. The van der Waals surface area contributed by atoms with Crippen LogP contribution in [0.25, 0.3) is 22.7 Å². The number of phenolic OH excluding ortho intramolecular Hbond substituents is 1. The standard InChI is InChI=1S/C39H41FN8O3S/c1-4-39(2,3)34-22-36(48(45-34)29-10-7-8-26(20-29)24-46-16-18-51-19-17-46)42-38(50)41-23-27-9-5-6-11-33(27)52-30-13-15-35-43-44-37(47(35)25-30)31-21-28(40)12-14-32(31)49/h5-15,20-22,25,49H,4,16-19,23-24H2,1-3H3,(H2,41,42,50). The quantitative estimate of drug-likeness (QED) is 0.127. The monoisotopic (exact) mass is 720 g/mol. The van der Waals surface area contributed by atoms with Crippen LogP contribution in [0.2, 0.25) is 0 Å². The molecule has 2 amide bonds. The fourth-order valence-corrected chi connectivity index (χ4v) is 6.96. The van der Waals surface area contributed by atoms with Gasteiger partial charge in [-0.15, -0.1) is 10.2 Å². The Morgan fingerprint density at radius 3 is 2.65 bits per heavy atom. The van der Waals surface area contributed by atoms with Gasteiger partial charge >= 0.3 is 6.03 Å². The van der Waals surface area contributed by atoms with E-state index in [9.17, 15) is 14.3 Å². The smallest absolute Gasteiger partial charge is 0.320 e. The fraction of sp³-hybridized carbons (Fsp3) is 0.282. The van der Waals surface area contributed by atoms with Crippen molar-refractivity contribution in [1.29, 1.82) is 0 Å². The number of anilines is 1. The molecule has 0 radical (unpaired) electrons. The van der Waals surface area contributed by atoms with Crippen molar-refractivity contribution in [2.24, 2.45) is 0 Å². The van der Waals surface area contributed by atoms with Crippen molar-refractivity contribution < 1.29 is 19.0 Å². The van der Waals surface area contributed by atoms with E-state index in [1.54, 1.807) is 4.40 Å². The summed E-state index contributed by atoms with van der Waals surface area (Å²) in [6.45, 7) is 10.8. The third kappa shape index (κ3) is 7.81. The van der Waals surface area contributed by atoms with Crippen LogP contribution < -0.4 is 10.6 Å². The number of urea groups is 1. The predicted molar refractivity (Wildman–Crippen MR) is 199 cm³/mol. The Bertz CT molecular complexity index is 2210. The van der Waals surface area contributed by atoms with Crippen LogP contribution in [0.5, 0.6) is 5.75 Å². The van der Waals surface area contributed by atoms with Gasteiger partial charge in [0.25, 0.3) is 0 Å². The Hall–Kier alpha value is -5.24. The number of carbonyl (C=O) groups is 1. The number of amides is 2. The molecule has 0 unspecified atom stereocenters. The van der Waals surface area contributed by atoms with E-state index in [4.69, 9.17) is 9.84 Å². The topological polar surface area (TPSA) is 122 Å². The molecule has 268 valence electrons. The van der Waals surface area contributed by atoms with Crippen LogP contribution in [0.3, 0.4) is 0 Å². The number of hydrogen-bond donors (Lipinski definition) is 3. The molecule has 13 heteroatoms. The molecule has 0 spiro atoms.